The molecule has 0 saturated carbocycles. The molecule has 0 heterocycles. The molecule has 2 rings (SSSR count). The first-order valence-corrected chi connectivity index (χ1v) is 7.37. The van der Waals surface area contributed by atoms with Crippen LogP contribution in [0.2, 0.25) is 0 Å². The molecule has 1 unspecified atom stereocenters. The second-order valence-electron chi connectivity index (χ2n) is 6.55. The lowest BCUT2D eigenvalue weighted by atomic mass is 9.87. The Morgan fingerprint density at radius 1 is 1.41 bits per heavy atom. The zero-order valence-corrected chi connectivity index (χ0v) is 13.2. The summed E-state index contributed by atoms with van der Waals surface area (Å²) in [7, 11) is 0. The highest BCUT2D eigenvalue weighted by atomic mass is 16.6. The lowest BCUT2D eigenvalue weighted by molar-refractivity contribution is 0.0500. The number of oxime groups is 1. The molecule has 6 heteroatoms. The van der Waals surface area contributed by atoms with Crippen molar-refractivity contribution in [1.29, 1.82) is 0 Å². The van der Waals surface area contributed by atoms with Crippen molar-refractivity contribution in [2.45, 2.75) is 51.7 Å². The molecule has 0 aromatic heterocycles. The average Bonchev–Trinajstić information content (AvgIpc) is 2.43. The molecule has 120 valence electrons. The molecule has 1 aliphatic carbocycles. The topological polar surface area (TPSA) is 96.9 Å². The van der Waals surface area contributed by atoms with Gasteiger partial charge in [0.05, 0.1) is 0 Å². The Morgan fingerprint density at radius 3 is 2.77 bits per heavy atom. The van der Waals surface area contributed by atoms with Crippen LogP contribution in [-0.2, 0) is 17.6 Å². The smallest absolute Gasteiger partial charge is 0.407 e. The van der Waals surface area contributed by atoms with E-state index < -0.39 is 5.60 Å². The van der Waals surface area contributed by atoms with E-state index in [1.807, 2.05) is 39.0 Å². The number of ether oxygens (including phenoxy) is 1. The molecule has 1 aromatic carbocycles. The lowest BCUT2D eigenvalue weighted by Gasteiger charge is -2.27. The maximum absolute atomic E-state index is 11.8. The number of nitrogens with one attached hydrogen (secondary N) is 1. The van der Waals surface area contributed by atoms with Crippen molar-refractivity contribution in [3.05, 3.63) is 34.9 Å². The molecule has 0 radical (unpaired) electrons. The number of carbonyl (C=O) groups is 1. The van der Waals surface area contributed by atoms with Crippen molar-refractivity contribution in [1.82, 2.24) is 5.32 Å². The number of fused-ring (bicyclic) bond motifs is 1. The first-order valence-electron chi connectivity index (χ1n) is 7.37. The highest BCUT2D eigenvalue weighted by Gasteiger charge is 2.23. The Balaban J connectivity index is 2.02. The summed E-state index contributed by atoms with van der Waals surface area (Å²) in [4.78, 5) is 11.8. The number of amides is 1. The number of rotatable bonds is 2. The molecule has 0 aliphatic heterocycles. The Morgan fingerprint density at radius 2 is 2.14 bits per heavy atom. The van der Waals surface area contributed by atoms with Gasteiger partial charge >= 0.3 is 6.09 Å². The van der Waals surface area contributed by atoms with E-state index in [0.717, 1.165) is 19.3 Å². The van der Waals surface area contributed by atoms with Gasteiger partial charge in [-0.05, 0) is 57.2 Å². The number of benzene rings is 1. The first-order chi connectivity index (χ1) is 10.3. The molecule has 1 atom stereocenters. The normalized spacial score (nSPS) is 18.5. The van der Waals surface area contributed by atoms with Crippen molar-refractivity contribution in [2.24, 2.45) is 10.9 Å². The molecular formula is C16H23N3O3. The van der Waals surface area contributed by atoms with Gasteiger partial charge in [0.25, 0.3) is 0 Å². The number of nitrogens with two attached hydrogens (primary N) is 1. The van der Waals surface area contributed by atoms with E-state index in [9.17, 15) is 4.79 Å². The maximum Gasteiger partial charge on any atom is 0.407 e. The fourth-order valence-electron chi connectivity index (χ4n) is 2.57. The largest absolute Gasteiger partial charge is 0.444 e. The standard InChI is InChI=1S/C16H23N3O3/c1-16(2,3)22-15(20)18-13-7-6-10-8-12(14(17)19-21)5-4-11(10)9-13/h4-5,8,13,21H,6-7,9H2,1-3H3,(H2,17,19)(H,18,20). The summed E-state index contributed by atoms with van der Waals surface area (Å²) in [5.74, 6) is 0.108. The van der Waals surface area contributed by atoms with Crippen molar-refractivity contribution in [2.75, 3.05) is 0 Å². The minimum atomic E-state index is -0.493. The van der Waals surface area contributed by atoms with Gasteiger partial charge in [0, 0.05) is 11.6 Å². The van der Waals surface area contributed by atoms with E-state index >= 15 is 0 Å². The van der Waals surface area contributed by atoms with Crippen LogP contribution in [0, 0.1) is 0 Å². The zero-order valence-electron chi connectivity index (χ0n) is 13.2. The Kier molecular flexibility index (Phi) is 4.59. The second-order valence-corrected chi connectivity index (χ2v) is 6.55. The van der Waals surface area contributed by atoms with E-state index in [1.165, 1.54) is 11.1 Å². The minimum absolute atomic E-state index is 0.0667. The fourth-order valence-corrected chi connectivity index (χ4v) is 2.57. The molecule has 0 spiro atoms. The van der Waals surface area contributed by atoms with Crippen LogP contribution in [0.3, 0.4) is 0 Å². The predicted molar refractivity (Wildman–Crippen MR) is 84.1 cm³/mol. The zero-order chi connectivity index (χ0) is 16.3. The SMILES string of the molecule is CC(C)(C)OC(=O)NC1CCc2cc(/C(N)=N/O)ccc2C1. The van der Waals surface area contributed by atoms with Crippen LogP contribution in [0.5, 0.6) is 0 Å². The van der Waals surface area contributed by atoms with Crippen LogP contribution >= 0.6 is 0 Å². The van der Waals surface area contributed by atoms with Gasteiger partial charge in [-0.1, -0.05) is 17.3 Å². The van der Waals surface area contributed by atoms with Crippen LogP contribution < -0.4 is 11.1 Å². The summed E-state index contributed by atoms with van der Waals surface area (Å²) in [5.41, 5.74) is 8.16. The van der Waals surface area contributed by atoms with E-state index in [2.05, 4.69) is 10.5 Å². The van der Waals surface area contributed by atoms with Gasteiger partial charge in [-0.2, -0.15) is 0 Å². The number of aryl methyl sites for hydroxylation is 1. The van der Waals surface area contributed by atoms with Crippen molar-refractivity contribution in [3.63, 3.8) is 0 Å². The van der Waals surface area contributed by atoms with Crippen LogP contribution in [0.25, 0.3) is 0 Å². The Labute approximate surface area is 130 Å². The lowest BCUT2D eigenvalue weighted by Crippen LogP contribution is -2.41. The van der Waals surface area contributed by atoms with Crippen molar-refractivity contribution in [3.8, 4) is 0 Å². The molecule has 0 saturated heterocycles. The molecule has 1 amide bonds. The predicted octanol–water partition coefficient (Wildman–Crippen LogP) is 2.16. The van der Waals surface area contributed by atoms with Gasteiger partial charge in [-0.3, -0.25) is 0 Å². The van der Waals surface area contributed by atoms with Gasteiger partial charge in [-0.25, -0.2) is 4.79 Å². The number of hydrogen-bond donors (Lipinski definition) is 3. The third-order valence-electron chi connectivity index (χ3n) is 3.56. The first kappa shape index (κ1) is 16.1. The van der Waals surface area contributed by atoms with Gasteiger partial charge in [0.2, 0.25) is 0 Å². The van der Waals surface area contributed by atoms with Crippen molar-refractivity contribution < 1.29 is 14.7 Å². The monoisotopic (exact) mass is 305 g/mol. The van der Waals surface area contributed by atoms with E-state index in [4.69, 9.17) is 15.7 Å². The number of carbonyl (C=O) groups excluding carboxylic acids is 1. The van der Waals surface area contributed by atoms with Gasteiger partial charge in [0.15, 0.2) is 5.84 Å². The van der Waals surface area contributed by atoms with Gasteiger partial charge < -0.3 is 21.0 Å². The maximum atomic E-state index is 11.8. The number of alkyl carbamates (subject to hydrolysis) is 1. The van der Waals surface area contributed by atoms with Crippen LogP contribution in [-0.4, -0.2) is 28.8 Å². The van der Waals surface area contributed by atoms with E-state index in [-0.39, 0.29) is 18.0 Å². The highest BCUT2D eigenvalue weighted by molar-refractivity contribution is 5.97. The molecule has 1 aromatic rings. The van der Waals surface area contributed by atoms with E-state index in [0.29, 0.717) is 5.56 Å². The van der Waals surface area contributed by atoms with Crippen LogP contribution in [0.1, 0.15) is 43.9 Å². The second kappa shape index (κ2) is 6.25. The summed E-state index contributed by atoms with van der Waals surface area (Å²) in [6.07, 6.45) is 2.05. The molecule has 1 aliphatic rings. The summed E-state index contributed by atoms with van der Waals surface area (Å²) >= 11 is 0. The molecule has 6 nitrogen and oxygen atoms in total. The fraction of sp³-hybridized carbons (Fsp3) is 0.500. The Hall–Kier alpha value is -2.24. The molecule has 0 bridgehead atoms. The molecule has 4 N–H and O–H groups in total. The van der Waals surface area contributed by atoms with Crippen LogP contribution in [0.4, 0.5) is 4.79 Å². The van der Waals surface area contributed by atoms with Crippen molar-refractivity contribution >= 4 is 11.9 Å². The van der Waals surface area contributed by atoms with Crippen LogP contribution in [0.15, 0.2) is 23.4 Å². The summed E-state index contributed by atoms with van der Waals surface area (Å²) in [6.45, 7) is 5.53. The number of hydrogen-bond acceptors (Lipinski definition) is 4. The minimum Gasteiger partial charge on any atom is -0.444 e. The van der Waals surface area contributed by atoms with Gasteiger partial charge in [0.1, 0.15) is 5.60 Å². The Bertz CT molecular complexity index is 591. The highest BCUT2D eigenvalue weighted by Crippen LogP contribution is 2.23. The molecule has 22 heavy (non-hydrogen) atoms. The number of nitrogens with zero attached hydrogens (tertiary/aromatic N) is 1. The quantitative estimate of drug-likeness (QED) is 0.337. The third kappa shape index (κ3) is 4.13. The molecule has 0 fully saturated rings. The summed E-state index contributed by atoms with van der Waals surface area (Å²) in [6, 6.07) is 5.79. The van der Waals surface area contributed by atoms with E-state index in [1.54, 1.807) is 0 Å². The summed E-state index contributed by atoms with van der Waals surface area (Å²) < 4.78 is 5.28. The molecular weight excluding hydrogens is 282 g/mol. The third-order valence-corrected chi connectivity index (χ3v) is 3.56. The summed E-state index contributed by atoms with van der Waals surface area (Å²) in [5, 5.41) is 14.7. The van der Waals surface area contributed by atoms with Gasteiger partial charge in [-0.15, -0.1) is 0 Å². The number of amidine groups is 1. The average molecular weight is 305 g/mol.